The Balaban J connectivity index is 0.00000888. The molecule has 6 aromatic rings. The smallest absolute Gasteiger partial charge is 0.744 e. The van der Waals surface area contributed by atoms with Gasteiger partial charge in [-0.15, -0.1) is 0 Å². The Labute approximate surface area is 555 Å². The minimum atomic E-state index is -5.68. The summed E-state index contributed by atoms with van der Waals surface area (Å²) in [6, 6.07) is 9.52. The average molecular weight is 1190 g/mol. The molecule has 4 amide bonds. The maximum Gasteiger partial charge on any atom is 1.00 e. The molecule has 0 spiro atoms. The molecule has 0 unspecified atom stereocenters. The fraction of sp³-hybridized carbons (Fsp3) is 0.0541. The SMILES string of the molecule is Cc1c(NC(=O)Nc2cccc(C(=O)Nc3cc(S(=O)(=O)[O-])cc4cc(S(=O)(=O)[O-])cc(S(=O)(=O)[O-])c34)c2C)cccc1C(=O)Nc1cc(S(=O)(=O)[O-])cc2cc(S(=O)(=O)[O-])cc(S(=O)(=O)[O-])c12.[Na+].[Na+].[Na+].[Na+].[Na+].[Na+]. The van der Waals surface area contributed by atoms with Gasteiger partial charge in [-0.25, -0.2) is 55.3 Å². The molecule has 0 aliphatic heterocycles. The molecule has 0 bridgehead atoms. The van der Waals surface area contributed by atoms with Crippen LogP contribution in [0.4, 0.5) is 27.5 Å². The fourth-order valence-electron chi connectivity index (χ4n) is 6.70. The Morgan fingerprint density at radius 1 is 0.365 bits per heavy atom. The van der Waals surface area contributed by atoms with Crippen LogP contribution in [-0.4, -0.2) is 95.7 Å². The first-order valence-electron chi connectivity index (χ1n) is 17.9. The average Bonchev–Trinajstić information content (AvgIpc) is 3.19. The van der Waals surface area contributed by atoms with E-state index in [4.69, 9.17) is 0 Å². The number of fused-ring (bicyclic) bond motifs is 2. The van der Waals surface area contributed by atoms with E-state index < -0.39 is 141 Å². The number of carbonyl (C=O) groups excluding carboxylic acids is 3. The van der Waals surface area contributed by atoms with Gasteiger partial charge in [0.2, 0.25) is 0 Å². The van der Waals surface area contributed by atoms with Crippen molar-refractivity contribution in [3.05, 3.63) is 107 Å². The van der Waals surface area contributed by atoms with Gasteiger partial charge in [-0.1, -0.05) is 12.1 Å². The van der Waals surface area contributed by atoms with Gasteiger partial charge in [-0.3, -0.25) is 9.59 Å². The molecule has 0 saturated carbocycles. The van der Waals surface area contributed by atoms with Crippen LogP contribution in [0, 0.1) is 13.8 Å². The zero-order chi connectivity index (χ0) is 50.9. The number of nitrogens with one attached hydrogen (secondary N) is 4. The first kappa shape index (κ1) is 73.5. The monoisotopic (exact) mass is 1190 g/mol. The molecule has 0 aliphatic carbocycles. The van der Waals surface area contributed by atoms with Gasteiger partial charge in [0, 0.05) is 33.3 Å². The maximum atomic E-state index is 13.7. The van der Waals surface area contributed by atoms with Gasteiger partial charge < -0.3 is 48.6 Å². The van der Waals surface area contributed by atoms with Crippen LogP contribution in [0.3, 0.4) is 0 Å². The van der Waals surface area contributed by atoms with E-state index in [0.717, 1.165) is 12.1 Å². The van der Waals surface area contributed by atoms with Crippen LogP contribution in [0.5, 0.6) is 0 Å². The molecule has 360 valence electrons. The van der Waals surface area contributed by atoms with E-state index in [0.29, 0.717) is 36.4 Å². The molecule has 0 atom stereocenters. The molecule has 74 heavy (non-hydrogen) atoms. The summed E-state index contributed by atoms with van der Waals surface area (Å²) < 4.78 is 216. The molecular formula is C37H24N4Na6O21S6. The predicted octanol–water partition coefficient (Wildman–Crippen LogP) is -15.8. The zero-order valence-corrected chi connectivity index (χ0v) is 56.5. The number of anilines is 4. The summed E-state index contributed by atoms with van der Waals surface area (Å²) in [6.45, 7) is 2.58. The molecule has 0 fully saturated rings. The number of hydrogen-bond donors (Lipinski definition) is 4. The summed E-state index contributed by atoms with van der Waals surface area (Å²) in [5.74, 6) is -2.36. The minimum absolute atomic E-state index is 0. The van der Waals surface area contributed by atoms with Crippen molar-refractivity contribution in [1.82, 2.24) is 0 Å². The van der Waals surface area contributed by atoms with E-state index in [-0.39, 0.29) is 223 Å². The van der Waals surface area contributed by atoms with Crippen LogP contribution >= 0.6 is 0 Å². The Morgan fingerprint density at radius 3 is 0.892 bits per heavy atom. The van der Waals surface area contributed by atoms with Crippen LogP contribution < -0.4 is 199 Å². The molecule has 37 heteroatoms. The summed E-state index contributed by atoms with van der Waals surface area (Å²) in [5, 5.41) is 6.13. The van der Waals surface area contributed by atoms with Crippen molar-refractivity contribution in [3.8, 4) is 0 Å². The van der Waals surface area contributed by atoms with E-state index in [2.05, 4.69) is 21.3 Å². The third kappa shape index (κ3) is 17.3. The van der Waals surface area contributed by atoms with E-state index in [1.165, 1.54) is 38.1 Å². The first-order chi connectivity index (χ1) is 31.0. The Hall–Kier alpha value is -0.490. The Kier molecular flexibility index (Phi) is 27.1. The van der Waals surface area contributed by atoms with Crippen LogP contribution in [0.2, 0.25) is 0 Å². The fourth-order valence-corrected chi connectivity index (χ4v) is 10.5. The Morgan fingerprint density at radius 2 is 0.635 bits per heavy atom. The number of hydrogen-bond acceptors (Lipinski definition) is 21. The molecule has 6 rings (SSSR count). The van der Waals surface area contributed by atoms with Crippen molar-refractivity contribution in [2.24, 2.45) is 0 Å². The van der Waals surface area contributed by atoms with Crippen LogP contribution in [-0.2, 0) is 60.7 Å². The van der Waals surface area contributed by atoms with E-state index in [9.17, 15) is 92.2 Å². The molecule has 25 nitrogen and oxygen atoms in total. The van der Waals surface area contributed by atoms with Crippen molar-refractivity contribution in [2.75, 3.05) is 21.3 Å². The number of carbonyl (C=O) groups is 3. The molecular weight excluding hydrogens is 1170 g/mol. The third-order valence-electron chi connectivity index (χ3n) is 9.76. The van der Waals surface area contributed by atoms with E-state index in [1.54, 1.807) is 0 Å². The van der Waals surface area contributed by atoms with Crippen molar-refractivity contribution in [3.63, 3.8) is 0 Å². The third-order valence-corrected chi connectivity index (χ3v) is 14.7. The molecule has 0 aliphatic rings. The topological polar surface area (TPSA) is 443 Å². The molecule has 6 aromatic carbocycles. The second-order valence-corrected chi connectivity index (χ2v) is 22.4. The summed E-state index contributed by atoms with van der Waals surface area (Å²) in [4.78, 5) is 33.1. The van der Waals surface area contributed by atoms with Crippen molar-refractivity contribution in [1.29, 1.82) is 0 Å². The number of benzene rings is 6. The predicted molar refractivity (Wildman–Crippen MR) is 227 cm³/mol. The van der Waals surface area contributed by atoms with Crippen LogP contribution in [0.15, 0.2) is 114 Å². The number of urea groups is 1. The minimum Gasteiger partial charge on any atom is -0.744 e. The van der Waals surface area contributed by atoms with Crippen molar-refractivity contribution < 1.29 is 270 Å². The summed E-state index contributed by atoms with van der Waals surface area (Å²) in [5.41, 5.74) is -2.52. The van der Waals surface area contributed by atoms with Gasteiger partial charge in [-0.05, 0) is 109 Å². The number of rotatable bonds is 12. The quantitative estimate of drug-likeness (QED) is 0.0653. The van der Waals surface area contributed by atoms with Crippen molar-refractivity contribution >= 4 is 123 Å². The van der Waals surface area contributed by atoms with Crippen LogP contribution in [0.25, 0.3) is 21.5 Å². The Bertz CT molecular complexity index is 3700. The maximum absolute atomic E-state index is 13.7. The standard InChI is InChI=1S/C37H30N4O21S6.6Na/c1-17-25(35(42)38-29-13-21(63(45,46)47)9-19-11-23(65(51,52)53)15-31(33(19)29)67(57,58)59)5-3-7-27(17)40-37(44)41-28-8-4-6-26(18(28)2)36(43)39-30-14-22(64(48,49)50)10-20-12-24(66(54,55)56)16-32(34(20)30)68(60,61)62;;;;;;/h3-16H,1-2H3,(H,38,42)(H,39,43)(H2,40,41,44)(H,45,46,47)(H,48,49,50)(H,51,52,53)(H,54,55,56)(H,57,58,59)(H,60,61,62);;;;;;/q;6*+1/p-6. The summed E-state index contributed by atoms with van der Waals surface area (Å²) in [6.07, 6.45) is 0. The number of amides is 4. The van der Waals surface area contributed by atoms with E-state index in [1.807, 2.05) is 0 Å². The molecule has 0 aromatic heterocycles. The molecule has 0 radical (unpaired) electrons. The second-order valence-electron chi connectivity index (χ2n) is 14.1. The first-order valence-corrected chi connectivity index (χ1v) is 26.4. The largest absolute Gasteiger partial charge is 1.00 e. The van der Waals surface area contributed by atoms with Crippen molar-refractivity contribution in [2.45, 2.75) is 43.2 Å². The van der Waals surface area contributed by atoms with Gasteiger partial charge in [-0.2, -0.15) is 0 Å². The van der Waals surface area contributed by atoms with Crippen LogP contribution in [0.1, 0.15) is 31.8 Å². The second kappa shape index (κ2) is 27.3. The summed E-state index contributed by atoms with van der Waals surface area (Å²) in [7, 11) is -33.2. The van der Waals surface area contributed by atoms with Gasteiger partial charge in [0.1, 0.15) is 60.7 Å². The molecule has 4 N–H and O–H groups in total. The van der Waals surface area contributed by atoms with Gasteiger partial charge in [0.25, 0.3) is 11.8 Å². The van der Waals surface area contributed by atoms with Gasteiger partial charge in [0.05, 0.1) is 40.7 Å². The van der Waals surface area contributed by atoms with E-state index >= 15 is 0 Å². The molecule has 0 heterocycles. The molecule has 0 saturated heterocycles. The van der Waals surface area contributed by atoms with Gasteiger partial charge in [0.15, 0.2) is 0 Å². The zero-order valence-electron chi connectivity index (χ0n) is 39.6. The van der Waals surface area contributed by atoms with Gasteiger partial charge >= 0.3 is 183 Å². The summed E-state index contributed by atoms with van der Waals surface area (Å²) >= 11 is 0. The normalized spacial score (nSPS) is 11.7.